The van der Waals surface area contributed by atoms with Gasteiger partial charge in [-0.15, -0.1) is 0 Å². The predicted octanol–water partition coefficient (Wildman–Crippen LogP) is 4.46. The smallest absolute Gasteiger partial charge is 0.405 e. The fraction of sp³-hybridized carbons (Fsp3) is 0.273. The molecule has 4 aromatic rings. The summed E-state index contributed by atoms with van der Waals surface area (Å²) in [5.41, 5.74) is 8.37. The van der Waals surface area contributed by atoms with Gasteiger partial charge in [-0.1, -0.05) is 18.1 Å². The molecule has 2 aromatic carbocycles. The standard InChI is InChI=1S/C33H34F3N9O/c1-22-4-5-24(16-23(22)6-9-27-18-38-31(41-27)30(10-11-37)40-28-19-39-44(3)21-28)32(46)42-26-8-7-25(29(17-26)33(34,35)36)20-45-14-12-43(2)13-15-45/h4-5,7-8,10-11,16-19,21H,12-15,20,37H2,1-3H3,(H,38,41)(H,42,46). The number of piperazine rings is 1. The number of alkyl halides is 3. The van der Waals surface area contributed by atoms with Gasteiger partial charge in [0.05, 0.1) is 24.2 Å². The van der Waals surface area contributed by atoms with Gasteiger partial charge in [0.25, 0.3) is 5.91 Å². The van der Waals surface area contributed by atoms with Crippen LogP contribution in [-0.4, -0.2) is 74.4 Å². The van der Waals surface area contributed by atoms with Crippen molar-refractivity contribution in [3.63, 3.8) is 0 Å². The second kappa shape index (κ2) is 13.8. The lowest BCUT2D eigenvalue weighted by atomic mass is 10.0. The lowest BCUT2D eigenvalue weighted by molar-refractivity contribution is -0.138. The first-order valence-electron chi connectivity index (χ1n) is 14.5. The fourth-order valence-corrected chi connectivity index (χ4v) is 4.92. The average Bonchev–Trinajstić information content (AvgIpc) is 3.66. The van der Waals surface area contributed by atoms with Crippen LogP contribution in [-0.2, 0) is 19.8 Å². The van der Waals surface area contributed by atoms with Crippen molar-refractivity contribution in [1.82, 2.24) is 29.5 Å². The van der Waals surface area contributed by atoms with Crippen LogP contribution in [0.1, 0.15) is 44.1 Å². The normalized spacial score (nSPS) is 14.8. The molecule has 1 fully saturated rings. The highest BCUT2D eigenvalue weighted by atomic mass is 19.4. The zero-order valence-electron chi connectivity index (χ0n) is 25.7. The van der Waals surface area contributed by atoms with Crippen LogP contribution in [0.5, 0.6) is 0 Å². The number of nitrogens with one attached hydrogen (secondary N) is 2. The predicted molar refractivity (Wildman–Crippen MR) is 171 cm³/mol. The van der Waals surface area contributed by atoms with Crippen molar-refractivity contribution in [2.75, 3.05) is 38.5 Å². The van der Waals surface area contributed by atoms with E-state index in [1.807, 2.05) is 18.9 Å². The van der Waals surface area contributed by atoms with E-state index in [4.69, 9.17) is 5.73 Å². The van der Waals surface area contributed by atoms with Crippen LogP contribution >= 0.6 is 0 Å². The Hall–Kier alpha value is -5.19. The summed E-state index contributed by atoms with van der Waals surface area (Å²) in [6.45, 7) is 5.03. The number of carbonyl (C=O) groups is 1. The molecule has 13 heteroatoms. The van der Waals surface area contributed by atoms with E-state index >= 15 is 0 Å². The monoisotopic (exact) mass is 629 g/mol. The molecule has 0 radical (unpaired) electrons. The molecule has 1 aliphatic rings. The topological polar surface area (TPSA) is 120 Å². The number of aromatic amines is 1. The van der Waals surface area contributed by atoms with Gasteiger partial charge in [-0.05, 0) is 67.6 Å². The van der Waals surface area contributed by atoms with Crippen molar-refractivity contribution >= 4 is 23.0 Å². The molecule has 10 nitrogen and oxygen atoms in total. The number of H-pyrrole nitrogens is 1. The minimum Gasteiger partial charge on any atom is -0.405 e. The molecule has 0 unspecified atom stereocenters. The van der Waals surface area contributed by atoms with Crippen molar-refractivity contribution in [3.8, 4) is 11.8 Å². The zero-order chi connectivity index (χ0) is 32.8. The number of amides is 1. The number of halogens is 3. The van der Waals surface area contributed by atoms with E-state index in [1.165, 1.54) is 18.3 Å². The molecule has 238 valence electrons. The number of hydrogen-bond donors (Lipinski definition) is 3. The number of likely N-dealkylation sites (N-methyl/N-ethyl adjacent to an activating group) is 1. The second-order valence-corrected chi connectivity index (χ2v) is 11.1. The van der Waals surface area contributed by atoms with Gasteiger partial charge in [-0.3, -0.25) is 14.4 Å². The third kappa shape index (κ3) is 8.09. The number of nitrogens with two attached hydrogens (primary N) is 1. The number of aromatic nitrogens is 4. The third-order valence-corrected chi connectivity index (χ3v) is 7.51. The highest BCUT2D eigenvalue weighted by Crippen LogP contribution is 2.34. The SMILES string of the molecule is Cc1ccc(C(=O)Nc2ccc(CN3CCN(C)CC3)c(C(F)(F)F)c2)cc1C#Cc1cnc(C(C=CN)=Nc2cnn(C)c2)[nH]1. The number of carbonyl (C=O) groups excluding carboxylic acids is 1. The van der Waals surface area contributed by atoms with Crippen molar-refractivity contribution < 1.29 is 18.0 Å². The molecule has 0 spiro atoms. The highest BCUT2D eigenvalue weighted by Gasteiger charge is 2.34. The molecule has 1 saturated heterocycles. The molecule has 0 aliphatic carbocycles. The largest absolute Gasteiger partial charge is 0.416 e. The fourth-order valence-electron chi connectivity index (χ4n) is 4.92. The van der Waals surface area contributed by atoms with Gasteiger partial charge in [0, 0.05) is 56.6 Å². The molecule has 2 aromatic heterocycles. The number of rotatable bonds is 7. The Balaban J connectivity index is 1.32. The molecule has 0 atom stereocenters. The van der Waals surface area contributed by atoms with Crippen LogP contribution in [0.4, 0.5) is 24.5 Å². The Morgan fingerprint density at radius 3 is 2.59 bits per heavy atom. The van der Waals surface area contributed by atoms with Crippen LogP contribution in [0.3, 0.4) is 0 Å². The van der Waals surface area contributed by atoms with Crippen LogP contribution in [0.15, 0.2) is 72.3 Å². The molecule has 1 aliphatic heterocycles. The first-order chi connectivity index (χ1) is 22.0. The summed E-state index contributed by atoms with van der Waals surface area (Å²) in [5, 5.41) is 6.72. The maximum Gasteiger partial charge on any atom is 0.416 e. The summed E-state index contributed by atoms with van der Waals surface area (Å²) < 4.78 is 43.7. The Labute approximate surface area is 264 Å². The van der Waals surface area contributed by atoms with Crippen LogP contribution < -0.4 is 11.1 Å². The van der Waals surface area contributed by atoms with E-state index in [9.17, 15) is 18.0 Å². The molecule has 5 rings (SSSR count). The van der Waals surface area contributed by atoms with Crippen LogP contribution in [0.2, 0.25) is 0 Å². The van der Waals surface area contributed by atoms with Gasteiger partial charge >= 0.3 is 6.18 Å². The maximum absolute atomic E-state index is 14.0. The van der Waals surface area contributed by atoms with Crippen molar-refractivity contribution in [2.45, 2.75) is 19.6 Å². The number of allylic oxidation sites excluding steroid dienone is 1. The van der Waals surface area contributed by atoms with E-state index in [0.29, 0.717) is 41.6 Å². The molecular formula is C33H34F3N9O. The van der Waals surface area contributed by atoms with E-state index in [0.717, 1.165) is 24.7 Å². The van der Waals surface area contributed by atoms with Gasteiger partial charge in [0.1, 0.15) is 17.1 Å². The lowest BCUT2D eigenvalue weighted by Crippen LogP contribution is -2.44. The number of nitrogens with zero attached hydrogens (tertiary/aromatic N) is 6. The van der Waals surface area contributed by atoms with E-state index in [1.54, 1.807) is 54.6 Å². The maximum atomic E-state index is 14.0. The Bertz CT molecular complexity index is 1830. The third-order valence-electron chi connectivity index (χ3n) is 7.51. The second-order valence-electron chi connectivity index (χ2n) is 11.1. The highest BCUT2D eigenvalue weighted by molar-refractivity contribution is 6.07. The molecular weight excluding hydrogens is 595 g/mol. The Kier molecular flexibility index (Phi) is 9.69. The molecule has 0 saturated carbocycles. The minimum atomic E-state index is -4.56. The zero-order valence-corrected chi connectivity index (χ0v) is 25.7. The summed E-state index contributed by atoms with van der Waals surface area (Å²) in [5.74, 6) is 5.97. The van der Waals surface area contributed by atoms with Crippen molar-refractivity contribution in [3.05, 3.63) is 107 Å². The van der Waals surface area contributed by atoms with Crippen LogP contribution in [0, 0.1) is 18.8 Å². The Morgan fingerprint density at radius 1 is 1.11 bits per heavy atom. The molecule has 4 N–H and O–H groups in total. The summed E-state index contributed by atoms with van der Waals surface area (Å²) in [7, 11) is 3.78. The first kappa shape index (κ1) is 32.2. The number of aryl methyl sites for hydroxylation is 2. The molecule has 46 heavy (non-hydrogen) atoms. The molecule has 3 heterocycles. The quantitative estimate of drug-likeness (QED) is 0.205. The van der Waals surface area contributed by atoms with Gasteiger partial charge in [-0.25, -0.2) is 9.98 Å². The number of imidazole rings is 1. The Morgan fingerprint density at radius 2 is 1.89 bits per heavy atom. The molecule has 0 bridgehead atoms. The summed E-state index contributed by atoms with van der Waals surface area (Å²) in [4.78, 5) is 29.3. The van der Waals surface area contributed by atoms with Crippen molar-refractivity contribution in [1.29, 1.82) is 0 Å². The van der Waals surface area contributed by atoms with E-state index < -0.39 is 17.6 Å². The summed E-state index contributed by atoms with van der Waals surface area (Å²) in [6.07, 6.45) is 3.32. The van der Waals surface area contributed by atoms with Gasteiger partial charge < -0.3 is 20.9 Å². The molecule has 1 amide bonds. The number of hydrogen-bond acceptors (Lipinski definition) is 7. The van der Waals surface area contributed by atoms with Crippen LogP contribution in [0.25, 0.3) is 0 Å². The van der Waals surface area contributed by atoms with Crippen molar-refractivity contribution in [2.24, 2.45) is 17.8 Å². The number of anilines is 1. The van der Waals surface area contributed by atoms with Gasteiger partial charge in [-0.2, -0.15) is 18.3 Å². The van der Waals surface area contributed by atoms with E-state index in [2.05, 4.69) is 42.1 Å². The van der Waals surface area contributed by atoms with Gasteiger partial charge in [0.15, 0.2) is 5.82 Å². The number of aliphatic imine (C=N–C) groups is 1. The van der Waals surface area contributed by atoms with Gasteiger partial charge in [0.2, 0.25) is 0 Å². The lowest BCUT2D eigenvalue weighted by Gasteiger charge is -2.33. The average molecular weight is 630 g/mol. The summed E-state index contributed by atoms with van der Waals surface area (Å²) >= 11 is 0. The summed E-state index contributed by atoms with van der Waals surface area (Å²) in [6, 6.07) is 8.90. The van der Waals surface area contributed by atoms with E-state index in [-0.39, 0.29) is 23.4 Å². The minimum absolute atomic E-state index is 0.0629. The number of benzene rings is 2. The first-order valence-corrected chi connectivity index (χ1v) is 14.5.